The van der Waals surface area contributed by atoms with Crippen LogP contribution in [0.2, 0.25) is 0 Å². The molecule has 98 valence electrons. The Hall–Kier alpha value is -1.66. The van der Waals surface area contributed by atoms with Crippen LogP contribution >= 0.6 is 0 Å². The van der Waals surface area contributed by atoms with Crippen molar-refractivity contribution in [2.45, 2.75) is 12.6 Å². The van der Waals surface area contributed by atoms with E-state index in [1.165, 1.54) is 0 Å². The highest BCUT2D eigenvalue weighted by molar-refractivity contribution is 5.73. The molecule has 1 aliphatic rings. The van der Waals surface area contributed by atoms with Gasteiger partial charge >= 0.3 is 5.97 Å². The molecule has 0 aliphatic carbocycles. The number of methoxy groups -OCH3 is 1. The van der Waals surface area contributed by atoms with E-state index < -0.39 is 12.0 Å². The van der Waals surface area contributed by atoms with E-state index >= 15 is 0 Å². The molecule has 0 spiro atoms. The normalized spacial score (nSPS) is 20.6. The maximum Gasteiger partial charge on any atom is 0.323 e. The summed E-state index contributed by atoms with van der Waals surface area (Å²) >= 11 is 0. The lowest BCUT2D eigenvalue weighted by Crippen LogP contribution is -2.49. The van der Waals surface area contributed by atoms with Crippen LogP contribution in [0.3, 0.4) is 0 Å². The lowest BCUT2D eigenvalue weighted by Gasteiger charge is -2.32. The van der Waals surface area contributed by atoms with Gasteiger partial charge in [0.05, 0.1) is 20.3 Å². The predicted molar refractivity (Wildman–Crippen MR) is 63.4 cm³/mol. The van der Waals surface area contributed by atoms with Gasteiger partial charge in [-0.15, -0.1) is 0 Å². The minimum atomic E-state index is -0.851. The minimum absolute atomic E-state index is 0.235. The van der Waals surface area contributed by atoms with Crippen molar-refractivity contribution in [1.29, 1.82) is 0 Å². The molecule has 1 unspecified atom stereocenters. The molecule has 1 aromatic heterocycles. The first-order valence-electron chi connectivity index (χ1n) is 5.74. The Balaban J connectivity index is 2.03. The molecule has 0 amide bonds. The highest BCUT2D eigenvalue weighted by atomic mass is 16.5. The SMILES string of the molecule is COc1ccc(CN2CCOCC2C(=O)O)cn1. The zero-order chi connectivity index (χ0) is 13.0. The second-order valence-electron chi connectivity index (χ2n) is 4.11. The monoisotopic (exact) mass is 252 g/mol. The van der Waals surface area contributed by atoms with Crippen LogP contribution in [0, 0.1) is 0 Å². The van der Waals surface area contributed by atoms with E-state index in [-0.39, 0.29) is 6.61 Å². The Morgan fingerprint density at radius 3 is 3.11 bits per heavy atom. The van der Waals surface area contributed by atoms with Gasteiger partial charge in [-0.3, -0.25) is 9.69 Å². The number of carbonyl (C=O) groups is 1. The van der Waals surface area contributed by atoms with Gasteiger partial charge in [-0.2, -0.15) is 0 Å². The number of hydrogen-bond acceptors (Lipinski definition) is 5. The van der Waals surface area contributed by atoms with Crippen LogP contribution in [0.15, 0.2) is 18.3 Å². The lowest BCUT2D eigenvalue weighted by molar-refractivity contribution is -0.150. The average Bonchev–Trinajstić information content (AvgIpc) is 2.40. The number of aliphatic carboxylic acids is 1. The maximum atomic E-state index is 11.1. The molecular weight excluding hydrogens is 236 g/mol. The van der Waals surface area contributed by atoms with Crippen molar-refractivity contribution in [2.75, 3.05) is 26.9 Å². The first-order valence-corrected chi connectivity index (χ1v) is 5.74. The standard InChI is InChI=1S/C12H16N2O4/c1-17-11-3-2-9(6-13-11)7-14-4-5-18-8-10(14)12(15)16/h2-3,6,10H,4-5,7-8H2,1H3,(H,15,16). The molecule has 6 nitrogen and oxygen atoms in total. The Labute approximate surface area is 105 Å². The molecule has 18 heavy (non-hydrogen) atoms. The molecule has 0 saturated carbocycles. The molecule has 2 rings (SSSR count). The number of carboxylic acid groups (broad SMARTS) is 1. The van der Waals surface area contributed by atoms with E-state index in [4.69, 9.17) is 14.6 Å². The van der Waals surface area contributed by atoms with Crippen LogP contribution in [-0.4, -0.2) is 53.9 Å². The van der Waals surface area contributed by atoms with Crippen molar-refractivity contribution in [3.63, 3.8) is 0 Å². The van der Waals surface area contributed by atoms with Gasteiger partial charge in [0.25, 0.3) is 0 Å². The summed E-state index contributed by atoms with van der Waals surface area (Å²) in [4.78, 5) is 17.1. The lowest BCUT2D eigenvalue weighted by atomic mass is 10.2. The number of carboxylic acids is 1. The molecule has 6 heteroatoms. The summed E-state index contributed by atoms with van der Waals surface area (Å²) in [6.45, 7) is 1.96. The molecule has 1 saturated heterocycles. The Morgan fingerprint density at radius 2 is 2.50 bits per heavy atom. The van der Waals surface area contributed by atoms with Crippen LogP contribution in [0.1, 0.15) is 5.56 Å². The van der Waals surface area contributed by atoms with Gasteiger partial charge < -0.3 is 14.6 Å². The van der Waals surface area contributed by atoms with E-state index in [1.807, 2.05) is 11.0 Å². The van der Waals surface area contributed by atoms with Gasteiger partial charge in [0.2, 0.25) is 5.88 Å². The average molecular weight is 252 g/mol. The summed E-state index contributed by atoms with van der Waals surface area (Å²) < 4.78 is 10.2. The van der Waals surface area contributed by atoms with Gasteiger partial charge in [-0.1, -0.05) is 6.07 Å². The van der Waals surface area contributed by atoms with Crippen LogP contribution in [-0.2, 0) is 16.1 Å². The van der Waals surface area contributed by atoms with Gasteiger partial charge in [0.1, 0.15) is 6.04 Å². The molecule has 0 radical (unpaired) electrons. The molecule has 1 fully saturated rings. The van der Waals surface area contributed by atoms with E-state index in [9.17, 15) is 4.79 Å². The van der Waals surface area contributed by atoms with Crippen LogP contribution in [0.5, 0.6) is 5.88 Å². The summed E-state index contributed by atoms with van der Waals surface area (Å²) in [7, 11) is 1.56. The molecule has 0 bridgehead atoms. The molecule has 1 aliphatic heterocycles. The van der Waals surface area contributed by atoms with Crippen molar-refractivity contribution in [1.82, 2.24) is 9.88 Å². The Morgan fingerprint density at radius 1 is 1.67 bits per heavy atom. The summed E-state index contributed by atoms with van der Waals surface area (Å²) in [5.74, 6) is -0.299. The predicted octanol–water partition coefficient (Wildman–Crippen LogP) is 0.376. The van der Waals surface area contributed by atoms with Gasteiger partial charge in [-0.05, 0) is 5.56 Å². The number of morpholine rings is 1. The smallest absolute Gasteiger partial charge is 0.323 e. The topological polar surface area (TPSA) is 71.9 Å². The second kappa shape index (κ2) is 5.79. The molecule has 1 aromatic rings. The van der Waals surface area contributed by atoms with Crippen LogP contribution in [0.4, 0.5) is 0 Å². The highest BCUT2D eigenvalue weighted by Crippen LogP contribution is 2.14. The zero-order valence-electron chi connectivity index (χ0n) is 10.2. The largest absolute Gasteiger partial charge is 0.481 e. The van der Waals surface area contributed by atoms with E-state index in [1.54, 1.807) is 19.4 Å². The fraction of sp³-hybridized carbons (Fsp3) is 0.500. The van der Waals surface area contributed by atoms with Gasteiger partial charge in [0, 0.05) is 25.4 Å². The highest BCUT2D eigenvalue weighted by Gasteiger charge is 2.28. The van der Waals surface area contributed by atoms with Crippen molar-refractivity contribution in [2.24, 2.45) is 0 Å². The summed E-state index contributed by atoms with van der Waals surface area (Å²) in [6, 6.07) is 3.08. The van der Waals surface area contributed by atoms with E-state index in [0.29, 0.717) is 25.6 Å². The van der Waals surface area contributed by atoms with E-state index in [0.717, 1.165) is 5.56 Å². The molecule has 1 N–H and O–H groups in total. The third kappa shape index (κ3) is 2.96. The van der Waals surface area contributed by atoms with Gasteiger partial charge in [0.15, 0.2) is 0 Å². The minimum Gasteiger partial charge on any atom is -0.481 e. The third-order valence-electron chi connectivity index (χ3n) is 2.92. The number of aromatic nitrogens is 1. The number of pyridine rings is 1. The fourth-order valence-corrected chi connectivity index (χ4v) is 1.91. The molecule has 2 heterocycles. The van der Waals surface area contributed by atoms with Gasteiger partial charge in [-0.25, -0.2) is 4.98 Å². The Kier molecular flexibility index (Phi) is 4.11. The van der Waals surface area contributed by atoms with E-state index in [2.05, 4.69) is 4.98 Å². The van der Waals surface area contributed by atoms with Crippen molar-refractivity contribution < 1.29 is 19.4 Å². The summed E-state index contributed by atoms with van der Waals surface area (Å²) in [5, 5.41) is 9.11. The molecule has 0 aromatic carbocycles. The van der Waals surface area contributed by atoms with Crippen molar-refractivity contribution in [3.8, 4) is 5.88 Å². The zero-order valence-corrected chi connectivity index (χ0v) is 10.2. The molecule has 1 atom stereocenters. The number of nitrogens with zero attached hydrogens (tertiary/aromatic N) is 2. The number of rotatable bonds is 4. The van der Waals surface area contributed by atoms with Crippen LogP contribution < -0.4 is 4.74 Å². The first kappa shape index (κ1) is 12.8. The second-order valence-corrected chi connectivity index (χ2v) is 4.11. The summed E-state index contributed by atoms with van der Waals surface area (Å²) in [5.41, 5.74) is 0.962. The fourth-order valence-electron chi connectivity index (χ4n) is 1.91. The van der Waals surface area contributed by atoms with Crippen molar-refractivity contribution in [3.05, 3.63) is 23.9 Å². The quantitative estimate of drug-likeness (QED) is 0.835. The summed E-state index contributed by atoms with van der Waals surface area (Å²) in [6.07, 6.45) is 1.70. The van der Waals surface area contributed by atoms with Crippen molar-refractivity contribution >= 4 is 5.97 Å². The first-order chi connectivity index (χ1) is 8.70. The Bertz CT molecular complexity index is 407. The number of ether oxygens (including phenoxy) is 2. The number of hydrogen-bond donors (Lipinski definition) is 1. The maximum absolute atomic E-state index is 11.1. The molecular formula is C12H16N2O4. The van der Waals surface area contributed by atoms with Crippen LogP contribution in [0.25, 0.3) is 0 Å². The third-order valence-corrected chi connectivity index (χ3v) is 2.92.